The number of aliphatic hydroxyl groups is 1. The zero-order valence-corrected chi connectivity index (χ0v) is 21.3. The van der Waals surface area contributed by atoms with Gasteiger partial charge in [-0.1, -0.05) is 6.08 Å². The molecule has 13 heteroatoms. The van der Waals surface area contributed by atoms with Gasteiger partial charge in [0.1, 0.15) is 11.6 Å². The van der Waals surface area contributed by atoms with Crippen molar-refractivity contribution in [3.8, 4) is 0 Å². The van der Waals surface area contributed by atoms with Gasteiger partial charge in [0.2, 0.25) is 5.91 Å². The normalized spacial score (nSPS) is 14.8. The van der Waals surface area contributed by atoms with Gasteiger partial charge in [-0.3, -0.25) is 23.2 Å². The number of aliphatic hydroxyl groups excluding tert-OH is 1. The first kappa shape index (κ1) is 33.0. The van der Waals surface area contributed by atoms with Gasteiger partial charge in [-0.15, -0.1) is 6.58 Å². The van der Waals surface area contributed by atoms with Gasteiger partial charge in [0, 0.05) is 31.5 Å². The van der Waals surface area contributed by atoms with E-state index in [1.54, 1.807) is 27.7 Å². The molecule has 0 aliphatic carbocycles. The first-order valence-corrected chi connectivity index (χ1v) is 11.3. The van der Waals surface area contributed by atoms with Crippen molar-refractivity contribution in [1.82, 2.24) is 10.6 Å². The van der Waals surface area contributed by atoms with E-state index >= 15 is 0 Å². The fourth-order valence-electron chi connectivity index (χ4n) is 1.99. The summed E-state index contributed by atoms with van der Waals surface area (Å²) in [5.74, 6) is -1.05. The molecule has 0 saturated heterocycles. The Labute approximate surface area is 201 Å². The van der Waals surface area contributed by atoms with E-state index in [4.69, 9.17) is 18.3 Å². The summed E-state index contributed by atoms with van der Waals surface area (Å²) in [5, 5.41) is 13.9. The maximum atomic E-state index is 12.8. The molecule has 11 nitrogen and oxygen atoms in total. The number of nitrogens with one attached hydrogen (secondary N) is 2. The van der Waals surface area contributed by atoms with Gasteiger partial charge in [0.15, 0.2) is 0 Å². The maximum Gasteiger partial charge on any atom is 0.475 e. The second kappa shape index (κ2) is 17.3. The molecule has 0 spiro atoms. The zero-order chi connectivity index (χ0) is 23.9. The smallest absolute Gasteiger partial charge is 0.475 e. The van der Waals surface area contributed by atoms with Crippen LogP contribution in [0.5, 0.6) is 0 Å². The quantitative estimate of drug-likeness (QED) is 0.0651. The number of esters is 1. The third-order valence-electron chi connectivity index (χ3n) is 3.36. The minimum absolute atomic E-state index is 0. The number of carbonyl (C=O) groups is 2. The van der Waals surface area contributed by atoms with E-state index in [-0.39, 0.29) is 51.2 Å². The Morgan fingerprint density at radius 2 is 1.91 bits per heavy atom. The molecular weight excluding hydrogens is 482 g/mol. The summed E-state index contributed by atoms with van der Waals surface area (Å²) in [6, 6.07) is -1.21. The number of phosphoric acid groups is 1. The SMILES string of the molecule is C=CCOP(=O)(OCCCC(=O)OC(C)(C)C)OCC(N[C-]=O)C(=O)NCCC(C)O.[V]. The molecule has 0 aromatic heterocycles. The van der Waals surface area contributed by atoms with Crippen LogP contribution < -0.4 is 10.6 Å². The monoisotopic (exact) mass is 516 g/mol. The van der Waals surface area contributed by atoms with Crippen LogP contribution in [-0.4, -0.2) is 67.5 Å². The molecule has 3 N–H and O–H groups in total. The Balaban J connectivity index is 0. The Morgan fingerprint density at radius 1 is 1.25 bits per heavy atom. The Kier molecular flexibility index (Phi) is 17.8. The minimum atomic E-state index is -4.11. The number of rotatable bonds is 17. The van der Waals surface area contributed by atoms with Crippen molar-refractivity contribution in [3.63, 3.8) is 0 Å². The van der Waals surface area contributed by atoms with Gasteiger partial charge < -0.3 is 25.3 Å². The van der Waals surface area contributed by atoms with Crippen LogP contribution in [0, 0.1) is 0 Å². The number of carbonyl (C=O) groups excluding carboxylic acids is 3. The third kappa shape index (κ3) is 17.4. The van der Waals surface area contributed by atoms with Gasteiger partial charge in [0.05, 0.1) is 25.9 Å². The van der Waals surface area contributed by atoms with Crippen LogP contribution in [0.15, 0.2) is 12.7 Å². The summed E-state index contributed by atoms with van der Waals surface area (Å²) >= 11 is 0. The zero-order valence-electron chi connectivity index (χ0n) is 19.0. The third-order valence-corrected chi connectivity index (χ3v) is 4.78. The minimum Gasteiger partial charge on any atom is -0.520 e. The van der Waals surface area contributed by atoms with Crippen LogP contribution in [0.2, 0.25) is 0 Å². The number of amides is 2. The van der Waals surface area contributed by atoms with E-state index in [1.165, 1.54) is 12.5 Å². The van der Waals surface area contributed by atoms with Crippen molar-refractivity contribution in [2.75, 3.05) is 26.4 Å². The van der Waals surface area contributed by atoms with Gasteiger partial charge >= 0.3 is 13.8 Å². The predicted molar refractivity (Wildman–Crippen MR) is 113 cm³/mol. The summed E-state index contributed by atoms with van der Waals surface area (Å²) in [4.78, 5) is 34.5. The molecule has 0 aliphatic heterocycles. The molecule has 3 atom stereocenters. The van der Waals surface area contributed by atoms with E-state index in [2.05, 4.69) is 17.2 Å². The van der Waals surface area contributed by atoms with Crippen molar-refractivity contribution < 1.29 is 60.9 Å². The molecular formula is C19H34N2O9PV-. The molecule has 3 unspecified atom stereocenters. The van der Waals surface area contributed by atoms with Gasteiger partial charge in [0.25, 0.3) is 0 Å². The molecule has 0 bridgehead atoms. The first-order chi connectivity index (χ1) is 14.4. The molecule has 0 rings (SSSR count). The first-order valence-electron chi connectivity index (χ1n) is 9.87. The maximum absolute atomic E-state index is 12.8. The Hall–Kier alpha value is -1.20. The molecule has 32 heavy (non-hydrogen) atoms. The molecule has 2 amide bonds. The predicted octanol–water partition coefficient (Wildman–Crippen LogP) is 1.36. The molecule has 0 aromatic carbocycles. The molecule has 185 valence electrons. The fourth-order valence-corrected chi connectivity index (χ4v) is 3.18. The summed E-state index contributed by atoms with van der Waals surface area (Å²) in [5.41, 5.74) is -0.614. The van der Waals surface area contributed by atoms with E-state index in [9.17, 15) is 24.1 Å². The molecule has 0 heterocycles. The van der Waals surface area contributed by atoms with Crippen molar-refractivity contribution in [2.24, 2.45) is 0 Å². The van der Waals surface area contributed by atoms with Crippen LogP contribution in [0.3, 0.4) is 0 Å². The van der Waals surface area contributed by atoms with Crippen molar-refractivity contribution in [1.29, 1.82) is 0 Å². The molecule has 0 aromatic rings. The number of ether oxygens (including phenoxy) is 1. The van der Waals surface area contributed by atoms with Crippen LogP contribution in [-0.2, 0) is 55.8 Å². The summed E-state index contributed by atoms with van der Waals surface area (Å²) < 4.78 is 33.4. The largest absolute Gasteiger partial charge is 0.520 e. The van der Waals surface area contributed by atoms with Crippen LogP contribution in [0.1, 0.15) is 47.0 Å². The average molecular weight is 516 g/mol. The van der Waals surface area contributed by atoms with Crippen molar-refractivity contribution >= 4 is 26.1 Å². The summed E-state index contributed by atoms with van der Waals surface area (Å²) in [6.07, 6.45) is 2.65. The second-order valence-electron chi connectivity index (χ2n) is 7.58. The molecule has 0 saturated carbocycles. The number of hydrogen-bond donors (Lipinski definition) is 3. The Morgan fingerprint density at radius 3 is 2.44 bits per heavy atom. The van der Waals surface area contributed by atoms with Gasteiger partial charge in [-0.25, -0.2) is 4.57 Å². The topological polar surface area (TPSA) is 149 Å². The second-order valence-corrected chi connectivity index (χ2v) is 9.25. The standard InChI is InChI=1S/C19H34N2O9P.V/c1-6-11-27-31(26,28-12-7-8-17(24)30-19(3,4)5)29-13-16(21-14-22)18(25)20-10-9-15(2)23;/h6,15-16,23H,1,7-13H2,2-5H3,(H,20,25)(H,21,22);/q-1;. The van der Waals surface area contributed by atoms with E-state index in [0.717, 1.165) is 0 Å². The molecule has 1 radical (unpaired) electrons. The van der Waals surface area contributed by atoms with Crippen molar-refractivity contribution in [3.05, 3.63) is 12.7 Å². The van der Waals surface area contributed by atoms with E-state index < -0.39 is 44.1 Å². The molecule has 0 fully saturated rings. The summed E-state index contributed by atoms with van der Waals surface area (Å²) in [7, 11) is -4.11. The average Bonchev–Trinajstić information content (AvgIpc) is 2.65. The van der Waals surface area contributed by atoms with Crippen molar-refractivity contribution in [2.45, 2.75) is 64.7 Å². The number of phosphoric ester groups is 1. The van der Waals surface area contributed by atoms with E-state index in [0.29, 0.717) is 6.42 Å². The van der Waals surface area contributed by atoms with E-state index in [1.807, 2.05) is 0 Å². The Bertz CT molecular complexity index is 626. The van der Waals surface area contributed by atoms with Gasteiger partial charge in [-0.2, -0.15) is 6.41 Å². The molecule has 0 aliphatic rings. The van der Waals surface area contributed by atoms with Crippen LogP contribution >= 0.6 is 7.82 Å². The summed E-state index contributed by atoms with van der Waals surface area (Å²) in [6.45, 7) is 9.62. The number of hydrogen-bond acceptors (Lipinski definition) is 9. The van der Waals surface area contributed by atoms with Crippen LogP contribution in [0.4, 0.5) is 0 Å². The van der Waals surface area contributed by atoms with Crippen LogP contribution in [0.25, 0.3) is 0 Å². The van der Waals surface area contributed by atoms with Gasteiger partial charge in [-0.05, 0) is 40.5 Å². The fraction of sp³-hybridized carbons (Fsp3) is 0.737.